The summed E-state index contributed by atoms with van der Waals surface area (Å²) in [6.45, 7) is 1.44. The molecule has 15 heavy (non-hydrogen) atoms. The standard InChI is InChI=1S/C9H12ClNO3S/c1-7-6-8(10)2-3-9(7)15(13,14)11-4-5-12/h2-3,6,11-12H,4-5H2,1H3. The molecule has 84 valence electrons. The van der Waals surface area contributed by atoms with Gasteiger partial charge < -0.3 is 5.11 Å². The molecule has 0 aromatic heterocycles. The number of rotatable bonds is 4. The van der Waals surface area contributed by atoms with E-state index < -0.39 is 10.0 Å². The van der Waals surface area contributed by atoms with Crippen molar-refractivity contribution in [3.63, 3.8) is 0 Å². The lowest BCUT2D eigenvalue weighted by atomic mass is 10.2. The molecule has 0 aliphatic heterocycles. The Bertz CT molecular complexity index is 445. The Balaban J connectivity index is 3.05. The minimum Gasteiger partial charge on any atom is -0.395 e. The fourth-order valence-corrected chi connectivity index (χ4v) is 2.64. The molecule has 0 atom stereocenters. The average Bonchev–Trinajstić information content (AvgIpc) is 2.14. The summed E-state index contributed by atoms with van der Waals surface area (Å²) in [6.07, 6.45) is 0. The molecule has 0 aliphatic carbocycles. The van der Waals surface area contributed by atoms with Crippen molar-refractivity contribution in [3.8, 4) is 0 Å². The maximum Gasteiger partial charge on any atom is 0.240 e. The van der Waals surface area contributed by atoms with Crippen LogP contribution in [0.4, 0.5) is 0 Å². The lowest BCUT2D eigenvalue weighted by Gasteiger charge is -2.08. The minimum absolute atomic E-state index is 0.00436. The quantitative estimate of drug-likeness (QED) is 0.834. The molecule has 1 aromatic carbocycles. The normalized spacial score (nSPS) is 11.7. The zero-order valence-corrected chi connectivity index (χ0v) is 9.77. The second-order valence-corrected chi connectivity index (χ2v) is 5.20. The van der Waals surface area contributed by atoms with E-state index in [9.17, 15) is 8.42 Å². The van der Waals surface area contributed by atoms with Gasteiger partial charge in [-0.2, -0.15) is 0 Å². The van der Waals surface area contributed by atoms with Gasteiger partial charge in [0.2, 0.25) is 10.0 Å². The van der Waals surface area contributed by atoms with Crippen molar-refractivity contribution in [1.82, 2.24) is 4.72 Å². The van der Waals surface area contributed by atoms with Crippen LogP contribution in [0.15, 0.2) is 23.1 Å². The maximum absolute atomic E-state index is 11.7. The summed E-state index contributed by atoms with van der Waals surface area (Å²) in [5.74, 6) is 0. The molecule has 1 rings (SSSR count). The molecule has 0 heterocycles. The summed E-state index contributed by atoms with van der Waals surface area (Å²) < 4.78 is 25.6. The molecule has 1 aromatic rings. The number of nitrogens with one attached hydrogen (secondary N) is 1. The molecule has 0 spiro atoms. The maximum atomic E-state index is 11.7. The van der Waals surface area contributed by atoms with E-state index in [1.165, 1.54) is 12.1 Å². The van der Waals surface area contributed by atoms with Crippen LogP contribution in [0.3, 0.4) is 0 Å². The van der Waals surface area contributed by atoms with Crippen molar-refractivity contribution in [2.24, 2.45) is 0 Å². The monoisotopic (exact) mass is 249 g/mol. The van der Waals surface area contributed by atoms with Gasteiger partial charge in [0, 0.05) is 11.6 Å². The SMILES string of the molecule is Cc1cc(Cl)ccc1S(=O)(=O)NCCO. The van der Waals surface area contributed by atoms with Crippen molar-refractivity contribution in [2.75, 3.05) is 13.2 Å². The fraction of sp³-hybridized carbons (Fsp3) is 0.333. The zero-order chi connectivity index (χ0) is 11.5. The number of hydrogen-bond donors (Lipinski definition) is 2. The van der Waals surface area contributed by atoms with Crippen LogP contribution in [0.1, 0.15) is 5.56 Å². The van der Waals surface area contributed by atoms with Crippen molar-refractivity contribution in [3.05, 3.63) is 28.8 Å². The highest BCUT2D eigenvalue weighted by Crippen LogP contribution is 2.19. The van der Waals surface area contributed by atoms with E-state index in [1.54, 1.807) is 13.0 Å². The molecule has 0 fully saturated rings. The van der Waals surface area contributed by atoms with Gasteiger partial charge in [-0.05, 0) is 30.7 Å². The Labute approximate surface area is 93.9 Å². The highest BCUT2D eigenvalue weighted by atomic mass is 35.5. The van der Waals surface area contributed by atoms with Crippen molar-refractivity contribution in [2.45, 2.75) is 11.8 Å². The summed E-state index contributed by atoms with van der Waals surface area (Å²) in [5.41, 5.74) is 0.577. The Morgan fingerprint density at radius 3 is 2.67 bits per heavy atom. The number of aliphatic hydroxyl groups is 1. The average molecular weight is 250 g/mol. The summed E-state index contributed by atoms with van der Waals surface area (Å²) >= 11 is 5.72. The Kier molecular flexibility index (Phi) is 4.10. The number of sulfonamides is 1. The van der Waals surface area contributed by atoms with E-state index in [2.05, 4.69) is 4.72 Å². The first-order chi connectivity index (χ1) is 6.97. The first-order valence-corrected chi connectivity index (χ1v) is 6.20. The van der Waals surface area contributed by atoms with Crippen LogP contribution in [0.2, 0.25) is 5.02 Å². The predicted octanol–water partition coefficient (Wildman–Crippen LogP) is 0.919. The van der Waals surface area contributed by atoms with E-state index >= 15 is 0 Å². The van der Waals surface area contributed by atoms with Crippen LogP contribution in [-0.2, 0) is 10.0 Å². The van der Waals surface area contributed by atoms with Crippen molar-refractivity contribution < 1.29 is 13.5 Å². The van der Waals surface area contributed by atoms with Crippen LogP contribution in [0.5, 0.6) is 0 Å². The highest BCUT2D eigenvalue weighted by molar-refractivity contribution is 7.89. The summed E-state index contributed by atoms with van der Waals surface area (Å²) in [5, 5.41) is 9.04. The molecule has 2 N–H and O–H groups in total. The van der Waals surface area contributed by atoms with Gasteiger partial charge in [-0.25, -0.2) is 13.1 Å². The largest absolute Gasteiger partial charge is 0.395 e. The first-order valence-electron chi connectivity index (χ1n) is 4.34. The molecular formula is C9H12ClNO3S. The van der Waals surface area contributed by atoms with E-state index in [0.29, 0.717) is 10.6 Å². The Hall–Kier alpha value is -0.620. The number of hydrogen-bond acceptors (Lipinski definition) is 3. The fourth-order valence-electron chi connectivity index (χ4n) is 1.17. The predicted molar refractivity (Wildman–Crippen MR) is 58.5 cm³/mol. The van der Waals surface area contributed by atoms with Gasteiger partial charge in [0.25, 0.3) is 0 Å². The lowest BCUT2D eigenvalue weighted by Crippen LogP contribution is -2.27. The van der Waals surface area contributed by atoms with E-state index in [0.717, 1.165) is 0 Å². The molecule has 0 bridgehead atoms. The van der Waals surface area contributed by atoms with Crippen LogP contribution in [-0.4, -0.2) is 26.7 Å². The summed E-state index contributed by atoms with van der Waals surface area (Å²) in [7, 11) is -3.54. The molecule has 4 nitrogen and oxygen atoms in total. The molecule has 0 saturated carbocycles. The van der Waals surface area contributed by atoms with Gasteiger partial charge in [-0.15, -0.1) is 0 Å². The summed E-state index contributed by atoms with van der Waals surface area (Å²) in [6, 6.07) is 4.54. The summed E-state index contributed by atoms with van der Waals surface area (Å²) in [4.78, 5) is 0.181. The molecule has 6 heteroatoms. The number of halogens is 1. The third kappa shape index (κ3) is 3.17. The van der Waals surface area contributed by atoms with Gasteiger partial charge in [-0.1, -0.05) is 11.6 Å². The van der Waals surface area contributed by atoms with Gasteiger partial charge in [0.05, 0.1) is 11.5 Å². The van der Waals surface area contributed by atoms with Gasteiger partial charge in [-0.3, -0.25) is 0 Å². The van der Waals surface area contributed by atoms with E-state index in [1.807, 2.05) is 0 Å². The smallest absolute Gasteiger partial charge is 0.240 e. The molecule has 0 saturated heterocycles. The third-order valence-corrected chi connectivity index (χ3v) is 3.69. The Morgan fingerprint density at radius 2 is 2.13 bits per heavy atom. The molecule has 0 aliphatic rings. The van der Waals surface area contributed by atoms with Gasteiger partial charge >= 0.3 is 0 Å². The minimum atomic E-state index is -3.54. The molecular weight excluding hydrogens is 238 g/mol. The first kappa shape index (κ1) is 12.4. The highest BCUT2D eigenvalue weighted by Gasteiger charge is 2.15. The molecule has 0 unspecified atom stereocenters. The molecule has 0 amide bonds. The van der Waals surface area contributed by atoms with Crippen LogP contribution in [0.25, 0.3) is 0 Å². The topological polar surface area (TPSA) is 66.4 Å². The van der Waals surface area contributed by atoms with E-state index in [4.69, 9.17) is 16.7 Å². The second kappa shape index (κ2) is 4.94. The van der Waals surface area contributed by atoms with Crippen molar-refractivity contribution >= 4 is 21.6 Å². The lowest BCUT2D eigenvalue weighted by molar-refractivity contribution is 0.301. The van der Waals surface area contributed by atoms with Gasteiger partial charge in [0.15, 0.2) is 0 Å². The van der Waals surface area contributed by atoms with Gasteiger partial charge in [0.1, 0.15) is 0 Å². The Morgan fingerprint density at radius 1 is 1.47 bits per heavy atom. The zero-order valence-electron chi connectivity index (χ0n) is 8.20. The van der Waals surface area contributed by atoms with Crippen LogP contribution in [0, 0.1) is 6.92 Å². The van der Waals surface area contributed by atoms with Crippen LogP contribution < -0.4 is 4.72 Å². The third-order valence-electron chi connectivity index (χ3n) is 1.83. The van der Waals surface area contributed by atoms with Crippen molar-refractivity contribution in [1.29, 1.82) is 0 Å². The van der Waals surface area contributed by atoms with E-state index in [-0.39, 0.29) is 18.0 Å². The number of benzene rings is 1. The second-order valence-electron chi connectivity index (χ2n) is 3.03. The molecule has 0 radical (unpaired) electrons. The number of aliphatic hydroxyl groups excluding tert-OH is 1. The van der Waals surface area contributed by atoms with Crippen LogP contribution >= 0.6 is 11.6 Å². The number of aryl methyl sites for hydroxylation is 1.